The Bertz CT molecular complexity index is 814. The highest BCUT2D eigenvalue weighted by Gasteiger charge is 2.14. The molecule has 0 bridgehead atoms. The van der Waals surface area contributed by atoms with Crippen LogP contribution in [-0.4, -0.2) is 9.78 Å². The number of rotatable bonds is 2. The molecule has 6 heteroatoms. The van der Waals surface area contributed by atoms with E-state index in [9.17, 15) is 8.78 Å². The second-order valence-electron chi connectivity index (χ2n) is 4.44. The molecule has 1 aromatic heterocycles. The fourth-order valence-electron chi connectivity index (χ4n) is 2.04. The van der Waals surface area contributed by atoms with Crippen molar-refractivity contribution in [2.24, 2.45) is 0 Å². The van der Waals surface area contributed by atoms with Crippen LogP contribution in [0.25, 0.3) is 16.9 Å². The van der Waals surface area contributed by atoms with Crippen LogP contribution in [0.3, 0.4) is 0 Å². The summed E-state index contributed by atoms with van der Waals surface area (Å²) >= 11 is 6.10. The molecule has 0 saturated heterocycles. The maximum atomic E-state index is 13.8. The van der Waals surface area contributed by atoms with E-state index in [4.69, 9.17) is 17.3 Å². The molecule has 0 fully saturated rings. The van der Waals surface area contributed by atoms with Gasteiger partial charge in [-0.05, 0) is 18.2 Å². The van der Waals surface area contributed by atoms with Crippen LogP contribution < -0.4 is 5.73 Å². The first-order chi connectivity index (χ1) is 10.1. The zero-order valence-corrected chi connectivity index (χ0v) is 11.5. The predicted octanol–water partition coefficient (Wildman–Crippen LogP) is 4.05. The smallest absolute Gasteiger partial charge is 0.151 e. The monoisotopic (exact) mass is 305 g/mol. The van der Waals surface area contributed by atoms with Crippen LogP contribution in [0.1, 0.15) is 0 Å². The summed E-state index contributed by atoms with van der Waals surface area (Å²) in [5.41, 5.74) is 7.14. The molecule has 21 heavy (non-hydrogen) atoms. The van der Waals surface area contributed by atoms with Crippen LogP contribution in [0.15, 0.2) is 48.5 Å². The number of nitrogens with zero attached hydrogens (tertiary/aromatic N) is 2. The number of benzene rings is 2. The van der Waals surface area contributed by atoms with E-state index in [1.165, 1.54) is 10.7 Å². The summed E-state index contributed by atoms with van der Waals surface area (Å²) in [6.07, 6.45) is 0. The SMILES string of the molecule is Nc1cc(-c2ccccc2Cl)nn1-c1ccc(F)cc1F. The summed E-state index contributed by atoms with van der Waals surface area (Å²) in [6, 6.07) is 11.9. The van der Waals surface area contributed by atoms with Crippen molar-refractivity contribution in [3.63, 3.8) is 0 Å². The van der Waals surface area contributed by atoms with E-state index in [0.717, 1.165) is 12.1 Å². The third-order valence-electron chi connectivity index (χ3n) is 3.02. The number of halogens is 3. The van der Waals surface area contributed by atoms with Crippen LogP contribution >= 0.6 is 11.6 Å². The summed E-state index contributed by atoms with van der Waals surface area (Å²) in [5.74, 6) is -1.17. The minimum Gasteiger partial charge on any atom is -0.384 e. The molecule has 1 heterocycles. The first kappa shape index (κ1) is 13.6. The molecule has 2 aromatic carbocycles. The molecule has 0 aliphatic carbocycles. The normalized spacial score (nSPS) is 10.8. The summed E-state index contributed by atoms with van der Waals surface area (Å²) < 4.78 is 28.0. The van der Waals surface area contributed by atoms with E-state index in [1.807, 2.05) is 6.07 Å². The van der Waals surface area contributed by atoms with Gasteiger partial charge in [0.1, 0.15) is 17.3 Å². The molecule has 2 N–H and O–H groups in total. The third kappa shape index (κ3) is 2.48. The predicted molar refractivity (Wildman–Crippen MR) is 78.3 cm³/mol. The lowest BCUT2D eigenvalue weighted by Crippen LogP contribution is -2.04. The molecule has 0 aliphatic rings. The summed E-state index contributed by atoms with van der Waals surface area (Å²) in [5, 5.41) is 4.76. The molecule has 3 rings (SSSR count). The van der Waals surface area contributed by atoms with Crippen LogP contribution in [0, 0.1) is 11.6 Å². The number of aromatic nitrogens is 2. The van der Waals surface area contributed by atoms with Gasteiger partial charge in [0.2, 0.25) is 0 Å². The van der Waals surface area contributed by atoms with Gasteiger partial charge in [-0.3, -0.25) is 0 Å². The van der Waals surface area contributed by atoms with Crippen molar-refractivity contribution in [1.82, 2.24) is 9.78 Å². The Morgan fingerprint density at radius 1 is 1.05 bits per heavy atom. The Labute approximate surface area is 124 Å². The Morgan fingerprint density at radius 2 is 1.81 bits per heavy atom. The molecule has 0 amide bonds. The van der Waals surface area contributed by atoms with E-state index in [1.54, 1.807) is 24.3 Å². The standard InChI is InChI=1S/C15H10ClF2N3/c16-11-4-2-1-3-10(11)13-8-15(19)21(20-13)14-6-5-9(17)7-12(14)18/h1-8H,19H2. The molecular weight excluding hydrogens is 296 g/mol. The Balaban J connectivity index is 2.12. The highest BCUT2D eigenvalue weighted by molar-refractivity contribution is 6.33. The van der Waals surface area contributed by atoms with Gasteiger partial charge in [-0.25, -0.2) is 13.5 Å². The fraction of sp³-hybridized carbons (Fsp3) is 0. The molecule has 3 nitrogen and oxygen atoms in total. The van der Waals surface area contributed by atoms with E-state index in [0.29, 0.717) is 16.3 Å². The topological polar surface area (TPSA) is 43.8 Å². The average molecular weight is 306 g/mol. The van der Waals surface area contributed by atoms with Crippen molar-refractivity contribution >= 4 is 17.4 Å². The molecule has 3 aromatic rings. The van der Waals surface area contributed by atoms with Crippen LogP contribution in [0.5, 0.6) is 0 Å². The maximum absolute atomic E-state index is 13.8. The van der Waals surface area contributed by atoms with Crippen LogP contribution in [0.4, 0.5) is 14.6 Å². The van der Waals surface area contributed by atoms with E-state index < -0.39 is 11.6 Å². The molecule has 0 unspecified atom stereocenters. The van der Waals surface area contributed by atoms with Crippen molar-refractivity contribution in [1.29, 1.82) is 0 Å². The highest BCUT2D eigenvalue weighted by Crippen LogP contribution is 2.29. The molecule has 0 spiro atoms. The van der Waals surface area contributed by atoms with E-state index in [2.05, 4.69) is 5.10 Å². The molecule has 0 saturated carbocycles. The van der Waals surface area contributed by atoms with Gasteiger partial charge in [0, 0.05) is 17.7 Å². The van der Waals surface area contributed by atoms with Crippen molar-refractivity contribution in [2.75, 3.05) is 5.73 Å². The number of hydrogen-bond acceptors (Lipinski definition) is 2. The van der Waals surface area contributed by atoms with Gasteiger partial charge in [0.25, 0.3) is 0 Å². The zero-order chi connectivity index (χ0) is 15.0. The number of nitrogen functional groups attached to an aromatic ring is 1. The summed E-state index contributed by atoms with van der Waals surface area (Å²) in [7, 11) is 0. The largest absolute Gasteiger partial charge is 0.384 e. The Kier molecular flexibility index (Phi) is 3.35. The van der Waals surface area contributed by atoms with Gasteiger partial charge in [-0.15, -0.1) is 0 Å². The summed E-state index contributed by atoms with van der Waals surface area (Å²) in [6.45, 7) is 0. The maximum Gasteiger partial charge on any atom is 0.151 e. The van der Waals surface area contributed by atoms with Crippen molar-refractivity contribution in [3.8, 4) is 16.9 Å². The van der Waals surface area contributed by atoms with Gasteiger partial charge in [-0.1, -0.05) is 29.8 Å². The van der Waals surface area contributed by atoms with E-state index >= 15 is 0 Å². The highest BCUT2D eigenvalue weighted by atomic mass is 35.5. The Hall–Kier alpha value is -2.40. The molecular formula is C15H10ClF2N3. The molecule has 0 aliphatic heterocycles. The van der Waals surface area contributed by atoms with Crippen LogP contribution in [-0.2, 0) is 0 Å². The number of hydrogen-bond donors (Lipinski definition) is 1. The van der Waals surface area contributed by atoms with Crippen molar-refractivity contribution in [2.45, 2.75) is 0 Å². The second kappa shape index (κ2) is 5.18. The number of nitrogens with two attached hydrogens (primary N) is 1. The van der Waals surface area contributed by atoms with Crippen molar-refractivity contribution in [3.05, 3.63) is 65.2 Å². The number of anilines is 1. The lowest BCUT2D eigenvalue weighted by atomic mass is 10.1. The van der Waals surface area contributed by atoms with Gasteiger partial charge in [0.05, 0.1) is 10.7 Å². The Morgan fingerprint density at radius 3 is 2.52 bits per heavy atom. The van der Waals surface area contributed by atoms with Crippen LogP contribution in [0.2, 0.25) is 5.02 Å². The second-order valence-corrected chi connectivity index (χ2v) is 4.85. The van der Waals surface area contributed by atoms with E-state index in [-0.39, 0.29) is 11.5 Å². The molecule has 0 atom stereocenters. The van der Waals surface area contributed by atoms with Gasteiger partial charge in [0.15, 0.2) is 5.82 Å². The molecule has 0 radical (unpaired) electrons. The molecule has 106 valence electrons. The van der Waals surface area contributed by atoms with Gasteiger partial charge >= 0.3 is 0 Å². The van der Waals surface area contributed by atoms with Gasteiger partial charge in [-0.2, -0.15) is 5.10 Å². The lowest BCUT2D eigenvalue weighted by Gasteiger charge is -2.05. The minimum atomic E-state index is -0.740. The third-order valence-corrected chi connectivity index (χ3v) is 3.35. The first-order valence-corrected chi connectivity index (χ1v) is 6.50. The first-order valence-electron chi connectivity index (χ1n) is 6.12. The summed E-state index contributed by atoms with van der Waals surface area (Å²) in [4.78, 5) is 0. The van der Waals surface area contributed by atoms with Gasteiger partial charge < -0.3 is 5.73 Å². The quantitative estimate of drug-likeness (QED) is 0.776. The van der Waals surface area contributed by atoms with Crippen molar-refractivity contribution < 1.29 is 8.78 Å². The average Bonchev–Trinajstić information content (AvgIpc) is 2.81. The zero-order valence-electron chi connectivity index (χ0n) is 10.7. The minimum absolute atomic E-state index is 0.0761. The lowest BCUT2D eigenvalue weighted by molar-refractivity contribution is 0.574. The fourth-order valence-corrected chi connectivity index (χ4v) is 2.27.